The molecule has 0 fully saturated rings. The highest BCUT2D eigenvalue weighted by molar-refractivity contribution is 7.91. The van der Waals surface area contributed by atoms with Crippen molar-refractivity contribution in [1.82, 2.24) is 0 Å². The zero-order valence-corrected chi connectivity index (χ0v) is 23.3. The highest BCUT2D eigenvalue weighted by Crippen LogP contribution is 2.34. The number of nitrogens with zero attached hydrogens (tertiary/aromatic N) is 2. The number of aryl methyl sites for hydroxylation is 3. The fraction of sp³-hybridized carbons (Fsp3) is 0.391. The maximum Gasteiger partial charge on any atom is 0.397 e. The zero-order valence-electron chi connectivity index (χ0n) is 21.6. The molecule has 2 aromatic carbocycles. The SMILES string of the molecule is COc1cc(S(=O)(=O)CCOS(=O)(=O)O)c(C)cc1N=NC(C(C)=O)C(=O)Nc1cc(C)c(C)cc1OC. The molecule has 0 spiro atoms. The lowest BCUT2D eigenvalue weighted by molar-refractivity contribution is -0.126. The number of nitrogens with one attached hydrogen (secondary N) is 1. The fourth-order valence-corrected chi connectivity index (χ4v) is 5.04. The van der Waals surface area contributed by atoms with Crippen molar-refractivity contribution >= 4 is 43.3 Å². The molecule has 1 amide bonds. The fourth-order valence-electron chi connectivity index (χ4n) is 3.29. The van der Waals surface area contributed by atoms with Gasteiger partial charge in [-0.1, -0.05) is 0 Å². The Morgan fingerprint density at radius 2 is 1.55 bits per heavy atom. The molecule has 15 heteroatoms. The Bertz CT molecular complexity index is 1470. The molecule has 208 valence electrons. The molecule has 0 aliphatic heterocycles. The van der Waals surface area contributed by atoms with Crippen LogP contribution in [-0.4, -0.2) is 65.7 Å². The molecular formula is C23H29N3O10S2. The third-order valence-corrected chi connectivity index (χ3v) is 7.66. The van der Waals surface area contributed by atoms with E-state index in [1.54, 1.807) is 12.1 Å². The van der Waals surface area contributed by atoms with Crippen molar-refractivity contribution in [2.75, 3.05) is 31.9 Å². The van der Waals surface area contributed by atoms with Gasteiger partial charge in [-0.05, 0) is 62.6 Å². The molecule has 13 nitrogen and oxygen atoms in total. The first kappa shape index (κ1) is 30.8. The van der Waals surface area contributed by atoms with E-state index in [4.69, 9.17) is 14.0 Å². The second-order valence-corrected chi connectivity index (χ2v) is 11.4. The number of benzene rings is 2. The number of ketones is 1. The molecule has 0 saturated heterocycles. The number of rotatable bonds is 12. The average molecular weight is 572 g/mol. The Morgan fingerprint density at radius 3 is 2.11 bits per heavy atom. The Labute approximate surface area is 221 Å². The topological polar surface area (TPSA) is 187 Å². The molecule has 0 aliphatic carbocycles. The molecule has 0 aliphatic rings. The number of anilines is 1. The van der Waals surface area contributed by atoms with E-state index < -0.39 is 50.3 Å². The molecule has 1 unspecified atom stereocenters. The third-order valence-electron chi connectivity index (χ3n) is 5.38. The maximum absolute atomic E-state index is 12.9. The quantitative estimate of drug-likeness (QED) is 0.218. The molecule has 0 saturated carbocycles. The molecule has 0 aromatic heterocycles. The van der Waals surface area contributed by atoms with Gasteiger partial charge in [0.25, 0.3) is 5.91 Å². The first-order valence-electron chi connectivity index (χ1n) is 11.0. The van der Waals surface area contributed by atoms with Gasteiger partial charge in [0, 0.05) is 6.07 Å². The highest BCUT2D eigenvalue weighted by atomic mass is 32.3. The summed E-state index contributed by atoms with van der Waals surface area (Å²) in [6.45, 7) is 5.57. The van der Waals surface area contributed by atoms with Crippen LogP contribution in [0.15, 0.2) is 39.4 Å². The van der Waals surface area contributed by atoms with Crippen molar-refractivity contribution in [3.63, 3.8) is 0 Å². The van der Waals surface area contributed by atoms with Crippen LogP contribution in [0.2, 0.25) is 0 Å². The number of hydrogen-bond donors (Lipinski definition) is 2. The van der Waals surface area contributed by atoms with Gasteiger partial charge in [0.2, 0.25) is 6.04 Å². The van der Waals surface area contributed by atoms with Gasteiger partial charge in [-0.2, -0.15) is 18.6 Å². The van der Waals surface area contributed by atoms with Crippen molar-refractivity contribution in [3.8, 4) is 11.5 Å². The van der Waals surface area contributed by atoms with E-state index in [-0.39, 0.29) is 21.9 Å². The number of sulfone groups is 1. The molecule has 2 N–H and O–H groups in total. The summed E-state index contributed by atoms with van der Waals surface area (Å²) in [4.78, 5) is 24.9. The lowest BCUT2D eigenvalue weighted by Gasteiger charge is -2.15. The normalized spacial score (nSPS) is 12.8. The summed E-state index contributed by atoms with van der Waals surface area (Å²) in [6.07, 6.45) is 0. The van der Waals surface area contributed by atoms with Crippen molar-refractivity contribution in [1.29, 1.82) is 0 Å². The number of ether oxygens (including phenoxy) is 2. The Balaban J connectivity index is 2.35. The molecule has 38 heavy (non-hydrogen) atoms. The summed E-state index contributed by atoms with van der Waals surface area (Å²) in [5.74, 6) is -1.73. The number of methoxy groups -OCH3 is 2. The van der Waals surface area contributed by atoms with Crippen molar-refractivity contribution in [2.45, 2.75) is 38.6 Å². The van der Waals surface area contributed by atoms with Gasteiger partial charge >= 0.3 is 10.4 Å². The summed E-state index contributed by atoms with van der Waals surface area (Å²) in [5.41, 5.74) is 2.43. The van der Waals surface area contributed by atoms with E-state index >= 15 is 0 Å². The summed E-state index contributed by atoms with van der Waals surface area (Å²) in [6, 6.07) is 4.39. The summed E-state index contributed by atoms with van der Waals surface area (Å²) in [7, 11) is -6.15. The lowest BCUT2D eigenvalue weighted by atomic mass is 10.1. The van der Waals surface area contributed by atoms with E-state index in [2.05, 4.69) is 19.7 Å². The molecule has 1 atom stereocenters. The number of azo groups is 1. The summed E-state index contributed by atoms with van der Waals surface area (Å²) >= 11 is 0. The van der Waals surface area contributed by atoms with Gasteiger partial charge < -0.3 is 14.8 Å². The second kappa shape index (κ2) is 12.4. The first-order chi connectivity index (χ1) is 17.6. The van der Waals surface area contributed by atoms with Crippen LogP contribution in [-0.2, 0) is 34.0 Å². The monoisotopic (exact) mass is 571 g/mol. The Morgan fingerprint density at radius 1 is 0.947 bits per heavy atom. The number of hydrogen-bond acceptors (Lipinski definition) is 11. The molecular weight excluding hydrogens is 542 g/mol. The number of amides is 1. The van der Waals surface area contributed by atoms with E-state index in [0.29, 0.717) is 11.4 Å². The third kappa shape index (κ3) is 8.05. The van der Waals surface area contributed by atoms with Crippen molar-refractivity contribution in [2.24, 2.45) is 10.2 Å². The maximum atomic E-state index is 12.9. The van der Waals surface area contributed by atoms with Gasteiger partial charge in [0.1, 0.15) is 17.2 Å². The van der Waals surface area contributed by atoms with E-state index in [9.17, 15) is 26.4 Å². The summed E-state index contributed by atoms with van der Waals surface area (Å²) < 4.78 is 69.9. The van der Waals surface area contributed by atoms with Gasteiger partial charge in [0.05, 0.1) is 37.2 Å². The van der Waals surface area contributed by atoms with Crippen molar-refractivity contribution < 1.29 is 44.6 Å². The minimum atomic E-state index is -4.80. The van der Waals surface area contributed by atoms with Gasteiger partial charge in [-0.25, -0.2) is 12.6 Å². The Hall–Kier alpha value is -3.40. The van der Waals surface area contributed by atoms with Gasteiger partial charge in [-0.15, -0.1) is 0 Å². The number of Topliss-reactive ketones (excluding diaryl/α,β-unsaturated/α-hetero) is 1. The largest absolute Gasteiger partial charge is 0.495 e. The van der Waals surface area contributed by atoms with Crippen LogP contribution >= 0.6 is 0 Å². The van der Waals surface area contributed by atoms with Crippen LogP contribution in [0, 0.1) is 20.8 Å². The van der Waals surface area contributed by atoms with Crippen molar-refractivity contribution in [3.05, 3.63) is 41.0 Å². The number of carbonyl (C=O) groups is 2. The second-order valence-electron chi connectivity index (χ2n) is 8.21. The molecule has 0 radical (unpaired) electrons. The number of carbonyl (C=O) groups excluding carboxylic acids is 2. The standard InChI is InChI=1S/C23H29N3O10S2/c1-13-9-17(19(34-5)11-14(13)2)24-23(28)22(16(4)27)26-25-18-10-15(3)21(12-20(18)35-6)37(29,30)8-7-36-38(31,32)33/h9-12,22H,7-8H2,1-6H3,(H,24,28)(H,31,32,33). The zero-order chi connectivity index (χ0) is 28.8. The molecule has 2 aromatic rings. The van der Waals surface area contributed by atoms with E-state index in [0.717, 1.165) is 17.2 Å². The smallest absolute Gasteiger partial charge is 0.397 e. The van der Waals surface area contributed by atoms with E-state index in [1.165, 1.54) is 34.1 Å². The van der Waals surface area contributed by atoms with Crippen LogP contribution in [0.5, 0.6) is 11.5 Å². The summed E-state index contributed by atoms with van der Waals surface area (Å²) in [5, 5.41) is 10.5. The van der Waals surface area contributed by atoms with Crippen LogP contribution in [0.3, 0.4) is 0 Å². The predicted octanol–water partition coefficient (Wildman–Crippen LogP) is 2.90. The minimum Gasteiger partial charge on any atom is -0.495 e. The molecule has 2 rings (SSSR count). The van der Waals surface area contributed by atoms with Crippen LogP contribution in [0.25, 0.3) is 0 Å². The average Bonchev–Trinajstić information content (AvgIpc) is 2.80. The lowest BCUT2D eigenvalue weighted by Crippen LogP contribution is -2.32. The highest BCUT2D eigenvalue weighted by Gasteiger charge is 2.26. The van der Waals surface area contributed by atoms with Gasteiger partial charge in [-0.3, -0.25) is 14.1 Å². The van der Waals surface area contributed by atoms with E-state index in [1.807, 2.05) is 13.8 Å². The first-order valence-corrected chi connectivity index (χ1v) is 14.0. The molecule has 0 bridgehead atoms. The van der Waals surface area contributed by atoms with Crippen LogP contribution < -0.4 is 14.8 Å². The van der Waals surface area contributed by atoms with Crippen LogP contribution in [0.1, 0.15) is 23.6 Å². The minimum absolute atomic E-state index is 0.0350. The Kier molecular flexibility index (Phi) is 10.1. The van der Waals surface area contributed by atoms with Crippen LogP contribution in [0.4, 0.5) is 11.4 Å². The molecule has 0 heterocycles. The van der Waals surface area contributed by atoms with Gasteiger partial charge in [0.15, 0.2) is 15.6 Å². The predicted molar refractivity (Wildman–Crippen MR) is 137 cm³/mol.